The molecule has 1 heterocycles. The lowest BCUT2D eigenvalue weighted by atomic mass is 10.1. The third-order valence-electron chi connectivity index (χ3n) is 3.20. The molecule has 0 aliphatic carbocycles. The number of hydrogen-bond donors (Lipinski definition) is 2. The third-order valence-corrected chi connectivity index (χ3v) is 3.20. The molecular weight excluding hydrogens is 301 g/mol. The molecule has 7 nitrogen and oxygen atoms in total. The number of halogens is 1. The Labute approximate surface area is 132 Å². The van der Waals surface area contributed by atoms with Gasteiger partial charge in [0, 0.05) is 12.6 Å². The van der Waals surface area contributed by atoms with Gasteiger partial charge in [-0.05, 0) is 54.5 Å². The molecule has 0 saturated carbocycles. The van der Waals surface area contributed by atoms with E-state index >= 15 is 0 Å². The van der Waals surface area contributed by atoms with Crippen LogP contribution in [0.5, 0.6) is 0 Å². The molecule has 1 aromatic carbocycles. The number of aliphatic hydroxyl groups excluding tert-OH is 1. The lowest BCUT2D eigenvalue weighted by Crippen LogP contribution is -2.35. The molecule has 0 bridgehead atoms. The number of tetrazole rings is 1. The summed E-state index contributed by atoms with van der Waals surface area (Å²) in [6.07, 6.45) is 2.01. The molecule has 1 amide bonds. The molecule has 2 aromatic rings. The van der Waals surface area contributed by atoms with Gasteiger partial charge in [0.2, 0.25) is 0 Å². The minimum atomic E-state index is -0.384. The minimum absolute atomic E-state index is 0.0254. The van der Waals surface area contributed by atoms with E-state index < -0.39 is 0 Å². The number of carbonyl (C=O) groups excluding carboxylic acids is 1. The first-order chi connectivity index (χ1) is 11.0. The number of benzene rings is 1. The van der Waals surface area contributed by atoms with Crippen LogP contribution in [0.2, 0.25) is 0 Å². The first-order valence-electron chi connectivity index (χ1n) is 7.15. The maximum absolute atomic E-state index is 13.0. The van der Waals surface area contributed by atoms with Crippen LogP contribution < -0.4 is 5.32 Å². The number of aromatic nitrogens is 4. The fourth-order valence-electron chi connectivity index (χ4n) is 1.96. The van der Waals surface area contributed by atoms with Gasteiger partial charge in [-0.25, -0.2) is 4.39 Å². The van der Waals surface area contributed by atoms with Gasteiger partial charge in [-0.3, -0.25) is 4.79 Å². The number of aliphatic hydroxyl groups is 1. The molecule has 2 N–H and O–H groups in total. The van der Waals surface area contributed by atoms with Gasteiger partial charge in [0.15, 0.2) is 5.82 Å². The Bertz CT molecular complexity index is 696. The van der Waals surface area contributed by atoms with Crippen molar-refractivity contribution in [1.29, 1.82) is 0 Å². The first-order valence-corrected chi connectivity index (χ1v) is 7.15. The van der Waals surface area contributed by atoms with E-state index in [0.717, 1.165) is 0 Å². The molecule has 2 rings (SSSR count). The standard InChI is InChI=1S/C15H18FN5O2/c1-10(7-8-22)17-15(23)14(21-11(2)18-19-20-21)9-12-3-5-13(16)6-4-12/h3-6,9-10,22H,7-8H2,1-2H3,(H,17,23)/b14-9-. The van der Waals surface area contributed by atoms with Crippen molar-refractivity contribution in [3.05, 3.63) is 41.5 Å². The summed E-state index contributed by atoms with van der Waals surface area (Å²) >= 11 is 0. The van der Waals surface area contributed by atoms with E-state index in [0.29, 0.717) is 17.8 Å². The van der Waals surface area contributed by atoms with Gasteiger partial charge in [-0.2, -0.15) is 4.68 Å². The molecule has 23 heavy (non-hydrogen) atoms. The number of rotatable bonds is 6. The van der Waals surface area contributed by atoms with Crippen molar-refractivity contribution in [2.45, 2.75) is 26.3 Å². The number of hydrogen-bond acceptors (Lipinski definition) is 5. The van der Waals surface area contributed by atoms with Gasteiger partial charge in [0.1, 0.15) is 11.5 Å². The van der Waals surface area contributed by atoms with E-state index in [1.54, 1.807) is 32.1 Å². The summed E-state index contributed by atoms with van der Waals surface area (Å²) < 4.78 is 14.3. The highest BCUT2D eigenvalue weighted by Crippen LogP contribution is 2.13. The van der Waals surface area contributed by atoms with Crippen LogP contribution in [0.3, 0.4) is 0 Å². The van der Waals surface area contributed by atoms with E-state index in [1.807, 2.05) is 0 Å². The van der Waals surface area contributed by atoms with E-state index in [2.05, 4.69) is 20.8 Å². The summed E-state index contributed by atoms with van der Waals surface area (Å²) in [6, 6.07) is 5.52. The number of nitrogens with one attached hydrogen (secondary N) is 1. The molecule has 1 unspecified atom stereocenters. The third kappa shape index (κ3) is 4.43. The second kappa shape index (κ2) is 7.59. The van der Waals surface area contributed by atoms with E-state index in [1.165, 1.54) is 16.8 Å². The van der Waals surface area contributed by atoms with Crippen LogP contribution in [0.1, 0.15) is 24.7 Å². The summed E-state index contributed by atoms with van der Waals surface area (Å²) in [7, 11) is 0. The van der Waals surface area contributed by atoms with Gasteiger partial charge in [0.25, 0.3) is 5.91 Å². The fourth-order valence-corrected chi connectivity index (χ4v) is 1.96. The summed E-state index contributed by atoms with van der Waals surface area (Å²) in [5.41, 5.74) is 0.852. The maximum Gasteiger partial charge on any atom is 0.270 e. The molecule has 0 fully saturated rings. The van der Waals surface area contributed by atoms with Crippen LogP contribution in [0, 0.1) is 12.7 Å². The number of amides is 1. The summed E-state index contributed by atoms with van der Waals surface area (Å²) in [4.78, 5) is 12.5. The smallest absolute Gasteiger partial charge is 0.270 e. The lowest BCUT2D eigenvalue weighted by molar-refractivity contribution is -0.116. The van der Waals surface area contributed by atoms with Crippen molar-refractivity contribution < 1.29 is 14.3 Å². The zero-order valence-corrected chi connectivity index (χ0v) is 12.9. The Kier molecular flexibility index (Phi) is 5.53. The van der Waals surface area contributed by atoms with Crippen LogP contribution in [-0.2, 0) is 4.79 Å². The average Bonchev–Trinajstić information content (AvgIpc) is 2.92. The van der Waals surface area contributed by atoms with Crippen LogP contribution in [-0.4, -0.2) is 43.9 Å². The Morgan fingerprint density at radius 1 is 1.43 bits per heavy atom. The number of nitrogens with zero attached hydrogens (tertiary/aromatic N) is 4. The van der Waals surface area contributed by atoms with Gasteiger partial charge in [-0.15, -0.1) is 5.10 Å². The Morgan fingerprint density at radius 3 is 2.70 bits per heavy atom. The van der Waals surface area contributed by atoms with Gasteiger partial charge >= 0.3 is 0 Å². The largest absolute Gasteiger partial charge is 0.396 e. The SMILES string of the molecule is Cc1nnnn1/C(=C\c1ccc(F)cc1)C(=O)NC(C)CCO. The Hall–Kier alpha value is -2.61. The van der Waals surface area contributed by atoms with Crippen LogP contribution in [0.4, 0.5) is 4.39 Å². The normalized spacial score (nSPS) is 13.0. The topological polar surface area (TPSA) is 92.9 Å². The van der Waals surface area contributed by atoms with Crippen molar-refractivity contribution in [2.75, 3.05) is 6.61 Å². The van der Waals surface area contributed by atoms with E-state index in [4.69, 9.17) is 5.11 Å². The number of carbonyl (C=O) groups is 1. The van der Waals surface area contributed by atoms with Crippen LogP contribution in [0.25, 0.3) is 11.8 Å². The van der Waals surface area contributed by atoms with Crippen molar-refractivity contribution >= 4 is 17.7 Å². The molecule has 8 heteroatoms. The molecule has 0 aliphatic rings. The fraction of sp³-hybridized carbons (Fsp3) is 0.333. The first kappa shape index (κ1) is 16.8. The van der Waals surface area contributed by atoms with Crippen molar-refractivity contribution in [2.24, 2.45) is 0 Å². The molecule has 0 aliphatic heterocycles. The zero-order valence-electron chi connectivity index (χ0n) is 12.9. The minimum Gasteiger partial charge on any atom is -0.396 e. The van der Waals surface area contributed by atoms with Crippen molar-refractivity contribution in [3.63, 3.8) is 0 Å². The van der Waals surface area contributed by atoms with Crippen LogP contribution in [0.15, 0.2) is 24.3 Å². The molecule has 0 saturated heterocycles. The molecule has 0 spiro atoms. The maximum atomic E-state index is 13.0. The quantitative estimate of drug-likeness (QED) is 0.775. The lowest BCUT2D eigenvalue weighted by Gasteiger charge is -2.14. The summed E-state index contributed by atoms with van der Waals surface area (Å²) in [5, 5.41) is 22.8. The van der Waals surface area contributed by atoms with Crippen molar-refractivity contribution in [3.8, 4) is 0 Å². The summed E-state index contributed by atoms with van der Waals surface area (Å²) in [6.45, 7) is 3.43. The zero-order chi connectivity index (χ0) is 16.8. The van der Waals surface area contributed by atoms with Gasteiger partial charge in [0.05, 0.1) is 0 Å². The highest BCUT2D eigenvalue weighted by atomic mass is 19.1. The van der Waals surface area contributed by atoms with Crippen molar-refractivity contribution in [1.82, 2.24) is 25.5 Å². The number of aryl methyl sites for hydroxylation is 1. The highest BCUT2D eigenvalue weighted by molar-refractivity contribution is 6.18. The predicted octanol–water partition coefficient (Wildman–Crippen LogP) is 1.01. The monoisotopic (exact) mass is 319 g/mol. The predicted molar refractivity (Wildman–Crippen MR) is 82.4 cm³/mol. The van der Waals surface area contributed by atoms with Gasteiger partial charge < -0.3 is 10.4 Å². The average molecular weight is 319 g/mol. The molecule has 1 aromatic heterocycles. The molecule has 0 radical (unpaired) electrons. The van der Waals surface area contributed by atoms with Gasteiger partial charge in [-0.1, -0.05) is 12.1 Å². The Morgan fingerprint density at radius 2 is 2.13 bits per heavy atom. The second-order valence-corrected chi connectivity index (χ2v) is 5.11. The second-order valence-electron chi connectivity index (χ2n) is 5.11. The molecule has 122 valence electrons. The molecular formula is C15H18FN5O2. The highest BCUT2D eigenvalue weighted by Gasteiger charge is 2.17. The van der Waals surface area contributed by atoms with E-state index in [9.17, 15) is 9.18 Å². The molecule has 1 atom stereocenters. The van der Waals surface area contributed by atoms with E-state index in [-0.39, 0.29) is 30.1 Å². The summed E-state index contributed by atoms with van der Waals surface area (Å²) in [5.74, 6) is -0.294. The van der Waals surface area contributed by atoms with Crippen LogP contribution >= 0.6 is 0 Å². The Balaban J connectivity index is 2.34.